The molecule has 0 radical (unpaired) electrons. The van der Waals surface area contributed by atoms with Gasteiger partial charge in [-0.15, -0.1) is 0 Å². The van der Waals surface area contributed by atoms with Crippen LogP contribution in [0.3, 0.4) is 0 Å². The number of fused-ring (bicyclic) bond motifs is 1. The number of nitrogens with one attached hydrogen (secondary N) is 1. The van der Waals surface area contributed by atoms with Crippen molar-refractivity contribution in [1.29, 1.82) is 5.26 Å². The molecule has 6 nitrogen and oxygen atoms in total. The predicted molar refractivity (Wildman–Crippen MR) is 88.2 cm³/mol. The quantitative estimate of drug-likeness (QED) is 0.852. The smallest absolute Gasteiger partial charge is 0.375 e. The molecule has 0 spiro atoms. The van der Waals surface area contributed by atoms with E-state index in [4.69, 9.17) is 9.15 Å². The van der Waals surface area contributed by atoms with E-state index in [0.717, 1.165) is 5.39 Å². The first-order valence-electron chi connectivity index (χ1n) is 7.66. The van der Waals surface area contributed by atoms with Crippen LogP contribution in [0.2, 0.25) is 0 Å². The lowest BCUT2D eigenvalue weighted by Crippen LogP contribution is -2.50. The number of nitrogens with zero attached hydrogens (tertiary/aromatic N) is 1. The van der Waals surface area contributed by atoms with Gasteiger partial charge in [-0.25, -0.2) is 4.79 Å². The van der Waals surface area contributed by atoms with Crippen molar-refractivity contribution in [1.82, 2.24) is 5.32 Å². The Morgan fingerprint density at radius 3 is 2.62 bits per heavy atom. The van der Waals surface area contributed by atoms with Gasteiger partial charge in [0, 0.05) is 10.9 Å². The molecule has 1 aromatic heterocycles. The third-order valence-electron chi connectivity index (χ3n) is 4.15. The van der Waals surface area contributed by atoms with Crippen molar-refractivity contribution >= 4 is 22.8 Å². The monoisotopic (exact) mass is 328 g/mol. The Kier molecular flexibility index (Phi) is 4.93. The van der Waals surface area contributed by atoms with E-state index in [0.29, 0.717) is 11.1 Å². The van der Waals surface area contributed by atoms with E-state index in [9.17, 15) is 14.9 Å². The van der Waals surface area contributed by atoms with E-state index in [1.807, 2.05) is 32.0 Å². The zero-order valence-corrected chi connectivity index (χ0v) is 14.2. The van der Waals surface area contributed by atoms with Gasteiger partial charge in [0.2, 0.25) is 5.76 Å². The van der Waals surface area contributed by atoms with Crippen LogP contribution in [0, 0.1) is 24.2 Å². The first kappa shape index (κ1) is 17.5. The summed E-state index contributed by atoms with van der Waals surface area (Å²) in [6, 6.07) is 9.32. The highest BCUT2D eigenvalue weighted by molar-refractivity contribution is 5.96. The zero-order chi connectivity index (χ0) is 17.9. The fourth-order valence-corrected chi connectivity index (χ4v) is 2.19. The van der Waals surface area contributed by atoms with Gasteiger partial charge < -0.3 is 14.5 Å². The maximum absolute atomic E-state index is 12.1. The number of rotatable bonds is 5. The second kappa shape index (κ2) is 6.75. The Morgan fingerprint density at radius 2 is 2.04 bits per heavy atom. The van der Waals surface area contributed by atoms with E-state index < -0.39 is 24.0 Å². The number of carbonyl (C=O) groups is 2. The van der Waals surface area contributed by atoms with Crippen LogP contribution in [0.4, 0.5) is 0 Å². The summed E-state index contributed by atoms with van der Waals surface area (Å²) in [5, 5.41) is 12.6. The van der Waals surface area contributed by atoms with Crippen molar-refractivity contribution in [3.63, 3.8) is 0 Å². The molecule has 1 atom stereocenters. The molecule has 24 heavy (non-hydrogen) atoms. The zero-order valence-electron chi connectivity index (χ0n) is 14.2. The number of carbonyl (C=O) groups excluding carboxylic acids is 2. The lowest BCUT2D eigenvalue weighted by atomic mass is 9.90. The van der Waals surface area contributed by atoms with E-state index in [-0.39, 0.29) is 11.7 Å². The van der Waals surface area contributed by atoms with E-state index in [1.54, 1.807) is 19.9 Å². The number of hydrogen-bond acceptors (Lipinski definition) is 5. The van der Waals surface area contributed by atoms with Crippen molar-refractivity contribution in [2.75, 3.05) is 6.61 Å². The standard InChI is InChI=1S/C18H20N2O4/c1-11(2)18(4,10-19)20-15(21)9-23-17(22)16-12(3)13-7-5-6-8-14(13)24-16/h5-8,11H,9H2,1-4H3,(H,20,21)/t18-/m0/s1. The van der Waals surface area contributed by atoms with E-state index in [2.05, 4.69) is 11.4 Å². The molecule has 0 aliphatic rings. The summed E-state index contributed by atoms with van der Waals surface area (Å²) in [5.74, 6) is -1.24. The largest absolute Gasteiger partial charge is 0.450 e. The fraction of sp³-hybridized carbons (Fsp3) is 0.389. The van der Waals surface area contributed by atoms with Crippen molar-refractivity contribution in [2.45, 2.75) is 33.2 Å². The molecule has 0 fully saturated rings. The van der Waals surface area contributed by atoms with E-state index in [1.165, 1.54) is 0 Å². The van der Waals surface area contributed by atoms with Crippen LogP contribution in [0.25, 0.3) is 11.0 Å². The Morgan fingerprint density at radius 1 is 1.38 bits per heavy atom. The first-order chi connectivity index (χ1) is 11.3. The van der Waals surface area contributed by atoms with Crippen molar-refractivity contribution in [3.8, 4) is 6.07 Å². The van der Waals surface area contributed by atoms with E-state index >= 15 is 0 Å². The highest BCUT2D eigenvalue weighted by Gasteiger charge is 2.30. The number of ether oxygens (including phenoxy) is 1. The Bertz CT molecular complexity index is 816. The molecule has 2 aromatic rings. The number of furan rings is 1. The molecular formula is C18H20N2O4. The predicted octanol–water partition coefficient (Wildman–Crippen LogP) is 2.95. The molecule has 1 amide bonds. The molecule has 0 saturated heterocycles. The molecule has 2 rings (SSSR count). The minimum Gasteiger partial charge on any atom is -0.450 e. The Hall–Kier alpha value is -2.81. The SMILES string of the molecule is Cc1c(C(=O)OCC(=O)N[C@@](C)(C#N)C(C)C)oc2ccccc12. The highest BCUT2D eigenvalue weighted by atomic mass is 16.5. The second-order valence-electron chi connectivity index (χ2n) is 6.15. The van der Waals surface area contributed by atoms with Gasteiger partial charge in [-0.05, 0) is 25.8 Å². The summed E-state index contributed by atoms with van der Waals surface area (Å²) in [6.07, 6.45) is 0. The maximum atomic E-state index is 12.1. The Balaban J connectivity index is 2.04. The minimum atomic E-state index is -1.02. The van der Waals surface area contributed by atoms with Gasteiger partial charge in [0.1, 0.15) is 11.1 Å². The third-order valence-corrected chi connectivity index (χ3v) is 4.15. The summed E-state index contributed by atoms with van der Waals surface area (Å²) >= 11 is 0. The average Bonchev–Trinajstić information content (AvgIpc) is 2.89. The van der Waals surface area contributed by atoms with Crippen LogP contribution in [-0.2, 0) is 9.53 Å². The molecule has 1 N–H and O–H groups in total. The molecule has 0 unspecified atom stereocenters. The van der Waals surface area contributed by atoms with Crippen LogP contribution in [0.1, 0.15) is 36.9 Å². The molecule has 0 aliphatic carbocycles. The molecule has 126 valence electrons. The Labute approximate surface area is 140 Å². The number of para-hydroxylation sites is 1. The fourth-order valence-electron chi connectivity index (χ4n) is 2.19. The lowest BCUT2D eigenvalue weighted by Gasteiger charge is -2.27. The number of benzene rings is 1. The van der Waals surface area contributed by atoms with Crippen molar-refractivity contribution in [2.24, 2.45) is 5.92 Å². The molecular weight excluding hydrogens is 308 g/mol. The van der Waals surface area contributed by atoms with Crippen LogP contribution in [-0.4, -0.2) is 24.0 Å². The van der Waals surface area contributed by atoms with Crippen LogP contribution in [0.5, 0.6) is 0 Å². The second-order valence-corrected chi connectivity index (χ2v) is 6.15. The van der Waals surface area contributed by atoms with Gasteiger partial charge in [-0.3, -0.25) is 4.79 Å². The normalized spacial score (nSPS) is 13.3. The first-order valence-corrected chi connectivity index (χ1v) is 7.66. The van der Waals surface area contributed by atoms with Gasteiger partial charge in [0.25, 0.3) is 5.91 Å². The molecule has 1 heterocycles. The lowest BCUT2D eigenvalue weighted by molar-refractivity contribution is -0.125. The van der Waals surface area contributed by atoms with Gasteiger partial charge in [-0.1, -0.05) is 32.0 Å². The van der Waals surface area contributed by atoms with Gasteiger partial charge in [0.15, 0.2) is 6.61 Å². The average molecular weight is 328 g/mol. The third kappa shape index (κ3) is 3.40. The topological polar surface area (TPSA) is 92.3 Å². The maximum Gasteiger partial charge on any atom is 0.375 e. The summed E-state index contributed by atoms with van der Waals surface area (Å²) in [7, 11) is 0. The highest BCUT2D eigenvalue weighted by Crippen LogP contribution is 2.25. The number of amides is 1. The molecule has 6 heteroatoms. The van der Waals surface area contributed by atoms with Gasteiger partial charge in [-0.2, -0.15) is 5.26 Å². The van der Waals surface area contributed by atoms with Crippen molar-refractivity contribution < 1.29 is 18.7 Å². The number of esters is 1. The number of hydrogen-bond donors (Lipinski definition) is 1. The van der Waals surface area contributed by atoms with Crippen LogP contribution in [0.15, 0.2) is 28.7 Å². The number of aryl methyl sites for hydroxylation is 1. The minimum absolute atomic E-state index is 0.0795. The van der Waals surface area contributed by atoms with Gasteiger partial charge >= 0.3 is 5.97 Å². The summed E-state index contributed by atoms with van der Waals surface area (Å²) in [6.45, 7) is 6.56. The number of nitriles is 1. The molecule has 0 saturated carbocycles. The summed E-state index contributed by atoms with van der Waals surface area (Å²) in [4.78, 5) is 24.1. The summed E-state index contributed by atoms with van der Waals surface area (Å²) in [5.41, 5.74) is 0.238. The molecule has 1 aromatic carbocycles. The van der Waals surface area contributed by atoms with Crippen LogP contribution < -0.4 is 5.32 Å². The van der Waals surface area contributed by atoms with Crippen molar-refractivity contribution in [3.05, 3.63) is 35.6 Å². The van der Waals surface area contributed by atoms with Crippen LogP contribution >= 0.6 is 0 Å². The molecule has 0 bridgehead atoms. The molecule has 0 aliphatic heterocycles. The summed E-state index contributed by atoms with van der Waals surface area (Å²) < 4.78 is 10.5. The van der Waals surface area contributed by atoms with Gasteiger partial charge in [0.05, 0.1) is 6.07 Å².